The van der Waals surface area contributed by atoms with Crippen molar-refractivity contribution in [3.63, 3.8) is 0 Å². The van der Waals surface area contributed by atoms with Crippen molar-refractivity contribution in [2.45, 2.75) is 183 Å². The van der Waals surface area contributed by atoms with Gasteiger partial charge in [-0.15, -0.1) is 22.1 Å². The SMILES string of the molecule is CCCCc1[nH]c2ccncc2c1-c1c2ccc([n-]2)c(-c2cc(C(C)(C)C)cc(C(C)(C)C)c2)c2nc(c(-c3cc(C(C)(C)C)cc(C(C)(C)C)c3)c3nc(c(-c4cc(C(C)(C)C)cc(C(C)(C)C)c4)c4ccc1[n-]4)C=C3)C=C2.[Zn+2]. The molecule has 8 aromatic rings. The molecule has 7 heterocycles. The van der Waals surface area contributed by atoms with Crippen molar-refractivity contribution in [2.24, 2.45) is 0 Å². The van der Waals surface area contributed by atoms with Gasteiger partial charge in [0.1, 0.15) is 0 Å². The normalized spacial score (nSPS) is 13.4. The summed E-state index contributed by atoms with van der Waals surface area (Å²) in [5.74, 6) is 0. The minimum atomic E-state index is -0.117. The number of aromatic amines is 1. The van der Waals surface area contributed by atoms with Crippen molar-refractivity contribution < 1.29 is 19.5 Å². The van der Waals surface area contributed by atoms with E-state index in [9.17, 15) is 0 Å². The van der Waals surface area contributed by atoms with E-state index in [4.69, 9.17) is 24.9 Å². The Labute approximate surface area is 490 Å². The minimum Gasteiger partial charge on any atom is -0.657 e. The van der Waals surface area contributed by atoms with Crippen LogP contribution in [0.2, 0.25) is 0 Å². The summed E-state index contributed by atoms with van der Waals surface area (Å²) in [6.07, 6.45) is 15.7. The van der Waals surface area contributed by atoms with Gasteiger partial charge in [-0.05, 0) is 142 Å². The van der Waals surface area contributed by atoms with E-state index in [-0.39, 0.29) is 52.0 Å². The molecule has 3 aromatic carbocycles. The molecule has 0 unspecified atom stereocenters. The van der Waals surface area contributed by atoms with E-state index in [1.54, 1.807) is 0 Å². The fraction of sp³-hybridized carbons (Fsp3) is 0.384. The average Bonchev–Trinajstić information content (AvgIpc) is 4.39. The Balaban J connectivity index is 0.00000774. The first-order chi connectivity index (χ1) is 36.9. The number of nitrogens with one attached hydrogen (secondary N) is 1. The molecule has 1 N–H and O–H groups in total. The summed E-state index contributed by atoms with van der Waals surface area (Å²) in [6.45, 7) is 43.8. The van der Waals surface area contributed by atoms with Gasteiger partial charge in [0.25, 0.3) is 0 Å². The Bertz CT molecular complexity index is 3660. The van der Waals surface area contributed by atoms with Crippen LogP contribution in [-0.4, -0.2) is 19.9 Å². The second-order valence-electron chi connectivity index (χ2n) is 28.8. The third-order valence-corrected chi connectivity index (χ3v) is 16.2. The van der Waals surface area contributed by atoms with Gasteiger partial charge in [0.15, 0.2) is 0 Å². The Morgan fingerprint density at radius 1 is 0.400 bits per heavy atom. The average molecular weight is 1110 g/mol. The van der Waals surface area contributed by atoms with E-state index in [1.165, 1.54) is 33.4 Å². The fourth-order valence-corrected chi connectivity index (χ4v) is 11.1. The van der Waals surface area contributed by atoms with Crippen molar-refractivity contribution in [3.8, 4) is 44.5 Å². The number of benzene rings is 3. The van der Waals surface area contributed by atoms with Gasteiger partial charge in [0.2, 0.25) is 0 Å². The first-order valence-electron chi connectivity index (χ1n) is 28.9. The molecule has 0 atom stereocenters. The number of rotatable bonds is 7. The third kappa shape index (κ3) is 11.4. The molecule has 0 fully saturated rings. The molecule has 10 rings (SSSR count). The van der Waals surface area contributed by atoms with Gasteiger partial charge >= 0.3 is 19.5 Å². The van der Waals surface area contributed by atoms with Gasteiger partial charge in [0, 0.05) is 40.1 Å². The molecule has 7 heteroatoms. The molecule has 0 saturated carbocycles. The summed E-state index contributed by atoms with van der Waals surface area (Å²) in [5.41, 5.74) is 24.3. The van der Waals surface area contributed by atoms with Crippen molar-refractivity contribution in [3.05, 3.63) is 159 Å². The Kier molecular flexibility index (Phi) is 15.2. The molecule has 8 bridgehead atoms. The summed E-state index contributed by atoms with van der Waals surface area (Å²) in [4.78, 5) is 31.9. The molecule has 6 nitrogen and oxygen atoms in total. The number of hydrogen-bond donors (Lipinski definition) is 1. The molecule has 80 heavy (non-hydrogen) atoms. The van der Waals surface area contributed by atoms with Crippen LogP contribution >= 0.6 is 0 Å². The number of unbranched alkanes of at least 4 members (excludes halogenated alkanes) is 1. The number of aromatic nitrogens is 6. The topological polar surface area (TPSA) is 82.7 Å². The van der Waals surface area contributed by atoms with Gasteiger partial charge in [-0.1, -0.05) is 217 Å². The number of aryl methyl sites for hydroxylation is 1. The summed E-state index contributed by atoms with van der Waals surface area (Å²) >= 11 is 0. The molecule has 0 aliphatic carbocycles. The minimum absolute atomic E-state index is 0. The molecular weight excluding hydrogens is 1030 g/mol. The smallest absolute Gasteiger partial charge is 0.657 e. The molecule has 5 aromatic heterocycles. The summed E-state index contributed by atoms with van der Waals surface area (Å²) in [5, 5.41) is 1.05. The maximum absolute atomic E-state index is 5.82. The monoisotopic (exact) mass is 1110 g/mol. The van der Waals surface area contributed by atoms with E-state index < -0.39 is 0 Å². The third-order valence-electron chi connectivity index (χ3n) is 16.2. The predicted octanol–water partition coefficient (Wildman–Crippen LogP) is 19.6. The first-order valence-corrected chi connectivity index (χ1v) is 28.9. The predicted molar refractivity (Wildman–Crippen MR) is 339 cm³/mol. The standard InChI is InChI=1S/C73H84N6.Zn/c1-20-21-22-54-66(52-42-74-32-31-53(52)75-54)67-61-29-27-59(78-61)64(44-35-48(70(8,9)10)40-49(36-44)71(11,12)13)57-25-23-55(76-57)63(43-33-46(68(2,3)4)39-47(34-43)69(5,6)7)56-24-26-58(77-56)65(60-28-30-62(67)79-60)45-37-50(72(14,15)16)41-51(38-45)73(17,18)19;/h23-42,75H,20-22H2,1-19H3;/q-2;+2. The Morgan fingerprint density at radius 2 is 0.725 bits per heavy atom. The Morgan fingerprint density at radius 3 is 1.06 bits per heavy atom. The summed E-state index contributed by atoms with van der Waals surface area (Å²) in [7, 11) is 0. The molecular formula is C73H84N6Zn. The van der Waals surface area contributed by atoms with Crippen molar-refractivity contribution in [2.75, 3.05) is 0 Å². The fourth-order valence-electron chi connectivity index (χ4n) is 11.1. The number of fused-ring (bicyclic) bond motifs is 9. The van der Waals surface area contributed by atoms with E-state index in [0.717, 1.165) is 125 Å². The van der Waals surface area contributed by atoms with Gasteiger partial charge in [-0.2, -0.15) is 0 Å². The maximum Gasteiger partial charge on any atom is 2.00 e. The van der Waals surface area contributed by atoms with Gasteiger partial charge in [-0.25, -0.2) is 9.97 Å². The Hall–Kier alpha value is -6.43. The molecule has 408 valence electrons. The van der Waals surface area contributed by atoms with Crippen LogP contribution in [0.3, 0.4) is 0 Å². The molecule has 0 spiro atoms. The van der Waals surface area contributed by atoms with Crippen LogP contribution < -0.4 is 9.97 Å². The van der Waals surface area contributed by atoms with Crippen LogP contribution in [0, 0.1) is 0 Å². The summed E-state index contributed by atoms with van der Waals surface area (Å²) < 4.78 is 0. The van der Waals surface area contributed by atoms with E-state index >= 15 is 0 Å². The van der Waals surface area contributed by atoms with Crippen LogP contribution in [0.1, 0.15) is 206 Å². The van der Waals surface area contributed by atoms with Gasteiger partial charge in [-0.3, -0.25) is 4.98 Å². The van der Waals surface area contributed by atoms with Crippen LogP contribution in [0.5, 0.6) is 0 Å². The molecule has 0 radical (unpaired) electrons. The second kappa shape index (κ2) is 20.8. The second-order valence-corrected chi connectivity index (χ2v) is 28.8. The zero-order valence-corrected chi connectivity index (χ0v) is 54.6. The van der Waals surface area contributed by atoms with E-state index in [1.807, 2.05) is 12.4 Å². The largest absolute Gasteiger partial charge is 2.00 e. The molecule has 2 aliphatic rings. The number of hydrogen-bond acceptors (Lipinski definition) is 3. The summed E-state index contributed by atoms with van der Waals surface area (Å²) in [6, 6.07) is 32.4. The van der Waals surface area contributed by atoms with Crippen molar-refractivity contribution in [1.82, 2.24) is 29.9 Å². The van der Waals surface area contributed by atoms with Gasteiger partial charge < -0.3 is 15.0 Å². The van der Waals surface area contributed by atoms with Crippen LogP contribution in [-0.2, 0) is 58.4 Å². The zero-order chi connectivity index (χ0) is 56.9. The van der Waals surface area contributed by atoms with E-state index in [2.05, 4.69) is 246 Å². The molecule has 0 saturated heterocycles. The van der Waals surface area contributed by atoms with Crippen LogP contribution in [0.25, 0.3) is 102 Å². The van der Waals surface area contributed by atoms with E-state index in [0.29, 0.717) is 0 Å². The van der Waals surface area contributed by atoms with Gasteiger partial charge in [0.05, 0.1) is 22.8 Å². The van der Waals surface area contributed by atoms with Crippen LogP contribution in [0.4, 0.5) is 0 Å². The molecule has 2 aliphatic heterocycles. The zero-order valence-electron chi connectivity index (χ0n) is 51.6. The van der Waals surface area contributed by atoms with Crippen molar-refractivity contribution in [1.29, 1.82) is 0 Å². The first kappa shape index (κ1) is 58.2. The quantitative estimate of drug-likeness (QED) is 0.161. The molecule has 0 amide bonds. The number of pyridine rings is 1. The van der Waals surface area contributed by atoms with Crippen molar-refractivity contribution >= 4 is 57.3 Å². The number of nitrogens with zero attached hydrogens (tertiary/aromatic N) is 5. The number of H-pyrrole nitrogens is 1. The maximum atomic E-state index is 5.82. The van der Waals surface area contributed by atoms with Crippen LogP contribution in [0.15, 0.2) is 97.3 Å².